The molecule has 4 rings (SSSR count). The van der Waals surface area contributed by atoms with Crippen LogP contribution in [0.1, 0.15) is 36.8 Å². The van der Waals surface area contributed by atoms with Crippen molar-refractivity contribution in [3.05, 3.63) is 64.7 Å². The maximum absolute atomic E-state index is 12.8. The van der Waals surface area contributed by atoms with E-state index in [4.69, 9.17) is 16.3 Å². The van der Waals surface area contributed by atoms with Crippen LogP contribution in [0.2, 0.25) is 5.02 Å². The molecule has 1 amide bonds. The Morgan fingerprint density at radius 1 is 1.14 bits per heavy atom. The van der Waals surface area contributed by atoms with Gasteiger partial charge in [-0.05, 0) is 49.4 Å². The summed E-state index contributed by atoms with van der Waals surface area (Å²) in [5, 5.41) is 4.34. The van der Waals surface area contributed by atoms with E-state index < -0.39 is 0 Å². The van der Waals surface area contributed by atoms with Crippen molar-refractivity contribution in [1.29, 1.82) is 0 Å². The Hall–Kier alpha value is -1.75. The Morgan fingerprint density at radius 3 is 2.59 bits per heavy atom. The number of hydrogen-bond donors (Lipinski definition) is 1. The fourth-order valence-corrected chi connectivity index (χ4v) is 4.56. The zero-order chi connectivity index (χ0) is 19.5. The highest BCUT2D eigenvalue weighted by Gasteiger charge is 2.36. The minimum Gasteiger partial charge on any atom is -0.489 e. The molecule has 2 saturated heterocycles. The van der Waals surface area contributed by atoms with Crippen LogP contribution in [0.25, 0.3) is 0 Å². The molecule has 6 heteroatoms. The van der Waals surface area contributed by atoms with Crippen LogP contribution in [0.15, 0.2) is 48.5 Å². The SMILES string of the molecule is CN(C(=O)Cc1cccc(OCc2ccccc2Cl)c1)C1CC2CCC(C1)N2.Cl. The summed E-state index contributed by atoms with van der Waals surface area (Å²) in [6.45, 7) is 0.412. The predicted octanol–water partition coefficient (Wildman–Crippen LogP) is 4.62. The van der Waals surface area contributed by atoms with Gasteiger partial charge in [0.05, 0.1) is 6.42 Å². The van der Waals surface area contributed by atoms with Crippen LogP contribution in [-0.4, -0.2) is 36.0 Å². The molecule has 2 aromatic rings. The molecule has 4 nitrogen and oxygen atoms in total. The molecule has 0 aliphatic carbocycles. The van der Waals surface area contributed by atoms with E-state index in [0.29, 0.717) is 36.2 Å². The number of halogens is 2. The standard InChI is InChI=1S/C23H27ClN2O2.ClH/c1-26(20-13-18-9-10-19(14-20)25-18)23(27)12-16-5-4-7-21(11-16)28-15-17-6-2-3-8-22(17)24;/h2-8,11,18-20,25H,9-10,12-15H2,1H3;1H. The van der Waals surface area contributed by atoms with Crippen molar-refractivity contribution < 1.29 is 9.53 Å². The molecule has 29 heavy (non-hydrogen) atoms. The molecule has 1 N–H and O–H groups in total. The predicted molar refractivity (Wildman–Crippen MR) is 119 cm³/mol. The van der Waals surface area contributed by atoms with Gasteiger partial charge in [-0.3, -0.25) is 4.79 Å². The molecule has 0 aromatic heterocycles. The number of benzene rings is 2. The molecular formula is C23H28Cl2N2O2. The van der Waals surface area contributed by atoms with Crippen LogP contribution in [0.3, 0.4) is 0 Å². The Labute approximate surface area is 184 Å². The van der Waals surface area contributed by atoms with E-state index in [1.165, 1.54) is 12.8 Å². The lowest BCUT2D eigenvalue weighted by molar-refractivity contribution is -0.131. The molecule has 0 spiro atoms. The molecular weight excluding hydrogens is 407 g/mol. The van der Waals surface area contributed by atoms with Crippen molar-refractivity contribution in [3.8, 4) is 5.75 Å². The number of carbonyl (C=O) groups excluding carboxylic acids is 1. The summed E-state index contributed by atoms with van der Waals surface area (Å²) in [5.41, 5.74) is 1.93. The second kappa shape index (κ2) is 9.84. The summed E-state index contributed by atoms with van der Waals surface area (Å²) >= 11 is 6.19. The van der Waals surface area contributed by atoms with E-state index >= 15 is 0 Å². The van der Waals surface area contributed by atoms with Gasteiger partial charge < -0.3 is 15.0 Å². The van der Waals surface area contributed by atoms with Gasteiger partial charge in [0.15, 0.2) is 0 Å². The van der Waals surface area contributed by atoms with E-state index in [1.807, 2.05) is 60.5 Å². The summed E-state index contributed by atoms with van der Waals surface area (Å²) in [6, 6.07) is 17.0. The van der Waals surface area contributed by atoms with Crippen molar-refractivity contribution in [3.63, 3.8) is 0 Å². The molecule has 2 aliphatic heterocycles. The minimum atomic E-state index is 0. The monoisotopic (exact) mass is 434 g/mol. The smallest absolute Gasteiger partial charge is 0.226 e. The first-order chi connectivity index (χ1) is 13.6. The van der Waals surface area contributed by atoms with Crippen LogP contribution in [0.5, 0.6) is 5.75 Å². The van der Waals surface area contributed by atoms with Crippen molar-refractivity contribution in [1.82, 2.24) is 10.2 Å². The number of nitrogens with one attached hydrogen (secondary N) is 1. The van der Waals surface area contributed by atoms with Crippen molar-refractivity contribution >= 4 is 29.9 Å². The van der Waals surface area contributed by atoms with E-state index in [-0.39, 0.29) is 18.3 Å². The highest BCUT2D eigenvalue weighted by molar-refractivity contribution is 6.31. The lowest BCUT2D eigenvalue weighted by atomic mass is 9.98. The first-order valence-corrected chi connectivity index (χ1v) is 10.4. The van der Waals surface area contributed by atoms with Crippen LogP contribution in [0.4, 0.5) is 0 Å². The van der Waals surface area contributed by atoms with E-state index in [2.05, 4.69) is 5.32 Å². The average molecular weight is 435 g/mol. The number of amides is 1. The molecule has 2 bridgehead atoms. The molecule has 2 unspecified atom stereocenters. The quantitative estimate of drug-likeness (QED) is 0.720. The van der Waals surface area contributed by atoms with Crippen LogP contribution < -0.4 is 10.1 Å². The summed E-state index contributed by atoms with van der Waals surface area (Å²) in [6.07, 6.45) is 5.03. The molecule has 2 atom stereocenters. The summed E-state index contributed by atoms with van der Waals surface area (Å²) in [7, 11) is 1.95. The first-order valence-electron chi connectivity index (χ1n) is 10.1. The number of fused-ring (bicyclic) bond motifs is 2. The third-order valence-corrected chi connectivity index (χ3v) is 6.36. The van der Waals surface area contributed by atoms with Gasteiger partial charge in [0.1, 0.15) is 12.4 Å². The summed E-state index contributed by atoms with van der Waals surface area (Å²) < 4.78 is 5.89. The second-order valence-electron chi connectivity index (χ2n) is 7.97. The molecule has 2 fully saturated rings. The zero-order valence-electron chi connectivity index (χ0n) is 16.6. The van der Waals surface area contributed by atoms with E-state index in [0.717, 1.165) is 29.7 Å². The van der Waals surface area contributed by atoms with E-state index in [1.54, 1.807) is 0 Å². The Balaban J connectivity index is 0.00000240. The van der Waals surface area contributed by atoms with Gasteiger partial charge in [-0.1, -0.05) is 41.9 Å². The number of nitrogens with zero attached hydrogens (tertiary/aromatic N) is 1. The Bertz CT molecular complexity index is 833. The van der Waals surface area contributed by atoms with Crippen LogP contribution >= 0.6 is 24.0 Å². The number of hydrogen-bond acceptors (Lipinski definition) is 3. The van der Waals surface area contributed by atoms with Crippen molar-refractivity contribution in [2.75, 3.05) is 7.05 Å². The van der Waals surface area contributed by atoms with Crippen molar-refractivity contribution in [2.24, 2.45) is 0 Å². The number of rotatable bonds is 6. The topological polar surface area (TPSA) is 41.6 Å². The maximum atomic E-state index is 12.8. The zero-order valence-corrected chi connectivity index (χ0v) is 18.2. The molecule has 0 saturated carbocycles. The molecule has 0 radical (unpaired) electrons. The van der Waals surface area contributed by atoms with Gasteiger partial charge in [-0.2, -0.15) is 0 Å². The highest BCUT2D eigenvalue weighted by atomic mass is 35.5. The first kappa shape index (κ1) is 21.9. The maximum Gasteiger partial charge on any atom is 0.226 e. The largest absolute Gasteiger partial charge is 0.489 e. The van der Waals surface area contributed by atoms with Gasteiger partial charge >= 0.3 is 0 Å². The van der Waals surface area contributed by atoms with Gasteiger partial charge in [-0.15, -0.1) is 12.4 Å². The number of likely N-dealkylation sites (N-methyl/N-ethyl adjacent to an activating group) is 1. The van der Waals surface area contributed by atoms with Crippen LogP contribution in [-0.2, 0) is 17.8 Å². The Kier molecular flexibility index (Phi) is 7.44. The molecule has 2 heterocycles. The van der Waals surface area contributed by atoms with Crippen molar-refractivity contribution in [2.45, 2.75) is 56.8 Å². The second-order valence-corrected chi connectivity index (χ2v) is 8.38. The highest BCUT2D eigenvalue weighted by Crippen LogP contribution is 2.29. The number of piperidine rings is 1. The summed E-state index contributed by atoms with van der Waals surface area (Å²) in [5.74, 6) is 0.933. The third kappa shape index (κ3) is 5.44. The normalized spacial score (nSPS) is 22.6. The van der Waals surface area contributed by atoms with Gasteiger partial charge in [0.25, 0.3) is 0 Å². The lowest BCUT2D eigenvalue weighted by Gasteiger charge is -2.35. The average Bonchev–Trinajstić information content (AvgIpc) is 3.04. The third-order valence-electron chi connectivity index (χ3n) is 6.00. The fourth-order valence-electron chi connectivity index (χ4n) is 4.37. The van der Waals surface area contributed by atoms with Gasteiger partial charge in [-0.25, -0.2) is 0 Å². The minimum absolute atomic E-state index is 0. The molecule has 156 valence electrons. The van der Waals surface area contributed by atoms with Gasteiger partial charge in [0, 0.05) is 35.8 Å². The number of carbonyl (C=O) groups is 1. The fraction of sp³-hybridized carbons (Fsp3) is 0.435. The molecule has 2 aliphatic rings. The molecule has 2 aromatic carbocycles. The van der Waals surface area contributed by atoms with Gasteiger partial charge in [0.2, 0.25) is 5.91 Å². The Morgan fingerprint density at radius 2 is 1.86 bits per heavy atom. The summed E-state index contributed by atoms with van der Waals surface area (Å²) in [4.78, 5) is 14.8. The van der Waals surface area contributed by atoms with E-state index in [9.17, 15) is 4.79 Å². The lowest BCUT2D eigenvalue weighted by Crippen LogP contribution is -2.49. The number of ether oxygens (including phenoxy) is 1. The van der Waals surface area contributed by atoms with Crippen LogP contribution in [0, 0.1) is 0 Å².